The fraction of sp³-hybridized carbons (Fsp3) is 0.455. The first-order valence-corrected chi connectivity index (χ1v) is 14.7. The van der Waals surface area contributed by atoms with Gasteiger partial charge in [-0.2, -0.15) is 5.10 Å². The molecule has 0 aliphatic heterocycles. The van der Waals surface area contributed by atoms with Crippen LogP contribution >= 0.6 is 0 Å². The van der Waals surface area contributed by atoms with Crippen LogP contribution in [0.4, 0.5) is 0 Å². The van der Waals surface area contributed by atoms with Gasteiger partial charge in [0, 0.05) is 19.0 Å². The number of methoxy groups -OCH3 is 2. The van der Waals surface area contributed by atoms with E-state index in [9.17, 15) is 14.4 Å². The van der Waals surface area contributed by atoms with E-state index in [-0.39, 0.29) is 36.4 Å². The lowest BCUT2D eigenvalue weighted by atomic mass is 10.0. The van der Waals surface area contributed by atoms with Crippen LogP contribution in [0.1, 0.15) is 63.0 Å². The third kappa shape index (κ3) is 10.2. The van der Waals surface area contributed by atoms with Crippen molar-refractivity contribution in [1.82, 2.24) is 20.4 Å². The molecule has 1 atom stereocenters. The van der Waals surface area contributed by atoms with Gasteiger partial charge >= 0.3 is 5.97 Å². The predicted octanol–water partition coefficient (Wildman–Crippen LogP) is 5.01. The monoisotopic (exact) mass is 592 g/mol. The van der Waals surface area contributed by atoms with Gasteiger partial charge in [0.25, 0.3) is 5.91 Å². The van der Waals surface area contributed by atoms with Gasteiger partial charge in [0.05, 0.1) is 25.5 Å². The number of nitrogens with zero attached hydrogens (tertiary/aromatic N) is 2. The highest BCUT2D eigenvalue weighted by atomic mass is 16.5. The molecule has 0 saturated heterocycles. The number of benzene rings is 2. The van der Waals surface area contributed by atoms with E-state index in [1.807, 2.05) is 48.5 Å². The van der Waals surface area contributed by atoms with Crippen LogP contribution in [0.2, 0.25) is 0 Å². The van der Waals surface area contributed by atoms with Gasteiger partial charge < -0.3 is 24.8 Å². The summed E-state index contributed by atoms with van der Waals surface area (Å²) in [5, 5.41) is 10.2. The molecule has 0 aliphatic carbocycles. The summed E-state index contributed by atoms with van der Waals surface area (Å²) in [5.41, 5.74) is 2.63. The van der Waals surface area contributed by atoms with Crippen LogP contribution in [-0.4, -0.2) is 54.4 Å². The Morgan fingerprint density at radius 2 is 1.63 bits per heavy atom. The Balaban J connectivity index is 1.91. The molecule has 3 aromatic rings. The SMILES string of the molecule is COC(=O)CNC(=O)C[C@H](CCC(C)C)NC(=O)c1cc(-c2c(OC)cccc2OCc2ccccc2)n(CC(C)C)n1. The van der Waals surface area contributed by atoms with Crippen molar-refractivity contribution < 1.29 is 28.6 Å². The summed E-state index contributed by atoms with van der Waals surface area (Å²) in [7, 11) is 2.86. The molecule has 232 valence electrons. The van der Waals surface area contributed by atoms with E-state index in [1.165, 1.54) is 7.11 Å². The van der Waals surface area contributed by atoms with Crippen LogP contribution in [-0.2, 0) is 27.5 Å². The summed E-state index contributed by atoms with van der Waals surface area (Å²) >= 11 is 0. The number of amides is 2. The number of ether oxygens (including phenoxy) is 3. The highest BCUT2D eigenvalue weighted by Crippen LogP contribution is 2.39. The topological polar surface area (TPSA) is 121 Å². The zero-order valence-corrected chi connectivity index (χ0v) is 26.0. The first-order valence-electron chi connectivity index (χ1n) is 14.7. The van der Waals surface area contributed by atoms with E-state index >= 15 is 0 Å². The van der Waals surface area contributed by atoms with E-state index in [1.54, 1.807) is 17.9 Å². The van der Waals surface area contributed by atoms with Gasteiger partial charge in [-0.25, -0.2) is 0 Å². The Morgan fingerprint density at radius 3 is 2.28 bits per heavy atom. The number of rotatable bonds is 16. The van der Waals surface area contributed by atoms with Gasteiger partial charge in [0.2, 0.25) is 5.91 Å². The second-order valence-electron chi connectivity index (χ2n) is 11.3. The van der Waals surface area contributed by atoms with Crippen LogP contribution < -0.4 is 20.1 Å². The van der Waals surface area contributed by atoms with Gasteiger partial charge in [0.15, 0.2) is 5.69 Å². The third-order valence-electron chi connectivity index (χ3n) is 6.77. The molecular formula is C33H44N4O6. The third-order valence-corrected chi connectivity index (χ3v) is 6.77. The maximum atomic E-state index is 13.6. The summed E-state index contributed by atoms with van der Waals surface area (Å²) in [6.07, 6.45) is 1.43. The molecule has 2 amide bonds. The Hall–Kier alpha value is -4.34. The van der Waals surface area contributed by atoms with Crippen molar-refractivity contribution in [3.63, 3.8) is 0 Å². The van der Waals surface area contributed by atoms with Crippen LogP contribution in [0.15, 0.2) is 54.6 Å². The molecule has 2 aromatic carbocycles. The molecule has 0 bridgehead atoms. The van der Waals surface area contributed by atoms with Gasteiger partial charge in [-0.3, -0.25) is 19.1 Å². The Labute approximate surface area is 254 Å². The first kappa shape index (κ1) is 33.2. The normalized spacial score (nSPS) is 11.7. The number of hydrogen-bond acceptors (Lipinski definition) is 7. The molecule has 0 spiro atoms. The molecule has 0 radical (unpaired) electrons. The zero-order chi connectivity index (χ0) is 31.4. The molecule has 3 rings (SSSR count). The molecule has 43 heavy (non-hydrogen) atoms. The van der Waals surface area contributed by atoms with Crippen molar-refractivity contribution in [2.24, 2.45) is 11.8 Å². The molecule has 1 aromatic heterocycles. The van der Waals surface area contributed by atoms with Gasteiger partial charge in [0.1, 0.15) is 24.7 Å². The molecule has 1 heterocycles. The standard InChI is InChI=1S/C33H44N4O6/c1-22(2)15-16-25(17-30(38)34-19-31(39)42-6)35-33(40)26-18-27(37(36-26)20-23(3)4)32-28(41-5)13-10-14-29(32)43-21-24-11-8-7-9-12-24/h7-14,18,22-23,25H,15-17,19-21H2,1-6H3,(H,34,38)(H,35,40)/t25-/m0/s1. The maximum Gasteiger partial charge on any atom is 0.325 e. The molecule has 10 nitrogen and oxygen atoms in total. The minimum absolute atomic E-state index is 0.0268. The Morgan fingerprint density at radius 1 is 0.907 bits per heavy atom. The van der Waals surface area contributed by atoms with Gasteiger partial charge in [-0.15, -0.1) is 0 Å². The van der Waals surface area contributed by atoms with Crippen LogP contribution in [0.25, 0.3) is 11.3 Å². The number of hydrogen-bond donors (Lipinski definition) is 2. The molecular weight excluding hydrogens is 548 g/mol. The first-order chi connectivity index (χ1) is 20.6. The molecule has 0 saturated carbocycles. The lowest BCUT2D eigenvalue weighted by molar-refractivity contribution is -0.141. The number of carbonyl (C=O) groups is 3. The molecule has 0 fully saturated rings. The molecule has 2 N–H and O–H groups in total. The number of aromatic nitrogens is 2. The summed E-state index contributed by atoms with van der Waals surface area (Å²) in [6.45, 7) is 9.02. The van der Waals surface area contributed by atoms with Crippen molar-refractivity contribution in [3.8, 4) is 22.8 Å². The van der Waals surface area contributed by atoms with Crippen LogP contribution in [0, 0.1) is 11.8 Å². The van der Waals surface area contributed by atoms with E-state index in [0.29, 0.717) is 48.2 Å². The van der Waals surface area contributed by atoms with Crippen molar-refractivity contribution in [1.29, 1.82) is 0 Å². The van der Waals surface area contributed by atoms with Crippen molar-refractivity contribution in [3.05, 3.63) is 65.9 Å². The van der Waals surface area contributed by atoms with Crippen molar-refractivity contribution >= 4 is 17.8 Å². The van der Waals surface area contributed by atoms with E-state index in [2.05, 4.69) is 43.1 Å². The summed E-state index contributed by atoms with van der Waals surface area (Å²) < 4.78 is 18.4. The largest absolute Gasteiger partial charge is 0.496 e. The Kier molecular flexibility index (Phi) is 12.6. The minimum atomic E-state index is -0.539. The number of nitrogens with one attached hydrogen (secondary N) is 2. The lowest BCUT2D eigenvalue weighted by Crippen LogP contribution is -2.40. The smallest absolute Gasteiger partial charge is 0.325 e. The number of esters is 1. The molecule has 10 heteroatoms. The molecule has 0 unspecified atom stereocenters. The second-order valence-corrected chi connectivity index (χ2v) is 11.3. The number of carbonyl (C=O) groups excluding carboxylic acids is 3. The Bertz CT molecular complexity index is 1350. The minimum Gasteiger partial charge on any atom is -0.496 e. The maximum absolute atomic E-state index is 13.6. The second kappa shape index (κ2) is 16.3. The van der Waals surface area contributed by atoms with E-state index in [4.69, 9.17) is 14.6 Å². The van der Waals surface area contributed by atoms with Gasteiger partial charge in [-0.1, -0.05) is 64.1 Å². The van der Waals surface area contributed by atoms with Gasteiger partial charge in [-0.05, 0) is 48.4 Å². The highest BCUT2D eigenvalue weighted by Gasteiger charge is 2.24. The average Bonchev–Trinajstić information content (AvgIpc) is 3.40. The average molecular weight is 593 g/mol. The fourth-order valence-electron chi connectivity index (χ4n) is 4.56. The van der Waals surface area contributed by atoms with Crippen LogP contribution in [0.5, 0.6) is 11.5 Å². The predicted molar refractivity (Wildman–Crippen MR) is 165 cm³/mol. The summed E-state index contributed by atoms with van der Waals surface area (Å²) in [5.74, 6) is 0.559. The van der Waals surface area contributed by atoms with Crippen molar-refractivity contribution in [2.75, 3.05) is 20.8 Å². The highest BCUT2D eigenvalue weighted by molar-refractivity contribution is 5.94. The molecule has 0 aliphatic rings. The fourth-order valence-corrected chi connectivity index (χ4v) is 4.56. The van der Waals surface area contributed by atoms with E-state index in [0.717, 1.165) is 12.0 Å². The quantitative estimate of drug-likeness (QED) is 0.224. The van der Waals surface area contributed by atoms with Crippen molar-refractivity contribution in [2.45, 2.75) is 66.2 Å². The van der Waals surface area contributed by atoms with E-state index < -0.39 is 12.0 Å². The summed E-state index contributed by atoms with van der Waals surface area (Å²) in [6, 6.07) is 16.8. The zero-order valence-electron chi connectivity index (χ0n) is 26.0. The van der Waals surface area contributed by atoms with Crippen LogP contribution in [0.3, 0.4) is 0 Å². The lowest BCUT2D eigenvalue weighted by Gasteiger charge is -2.19. The summed E-state index contributed by atoms with van der Waals surface area (Å²) in [4.78, 5) is 37.6.